The van der Waals surface area contributed by atoms with Crippen LogP contribution in [-0.4, -0.2) is 203 Å². The van der Waals surface area contributed by atoms with Crippen LogP contribution in [0.3, 0.4) is 0 Å². The second kappa shape index (κ2) is 37.6. The van der Waals surface area contributed by atoms with Gasteiger partial charge in [-0.25, -0.2) is 0 Å². The summed E-state index contributed by atoms with van der Waals surface area (Å²) in [6.45, 7) is 0. The van der Waals surface area contributed by atoms with Gasteiger partial charge in [0.25, 0.3) is 0 Å². The van der Waals surface area contributed by atoms with Crippen LogP contribution in [0.2, 0.25) is 0 Å². The predicted molar refractivity (Wildman–Crippen MR) is 75.3 cm³/mol. The van der Waals surface area contributed by atoms with Gasteiger partial charge in [-0.05, 0) is 0 Å². The summed E-state index contributed by atoms with van der Waals surface area (Å²) in [6.07, 6.45) is 0. The van der Waals surface area contributed by atoms with Gasteiger partial charge in [0, 0.05) is 0 Å². The molecule has 19 heavy (non-hydrogen) atoms. The van der Waals surface area contributed by atoms with Crippen molar-refractivity contribution in [3.8, 4) is 0 Å². The first-order chi connectivity index (χ1) is 6.93. The summed E-state index contributed by atoms with van der Waals surface area (Å²) in [4.78, 5) is 0. The SMILES string of the molecule is OB(O)O.OB(O)O.OB(O)O.OB(O)O.[CaH2].[CaH2].[CaH2]. The van der Waals surface area contributed by atoms with Gasteiger partial charge in [-0.1, -0.05) is 0 Å². The molecule has 0 spiro atoms. The molecule has 0 aliphatic rings. The molecular formula is H18B4Ca3O12. The van der Waals surface area contributed by atoms with Crippen molar-refractivity contribution in [3.63, 3.8) is 0 Å². The van der Waals surface area contributed by atoms with Gasteiger partial charge < -0.3 is 60.3 Å². The van der Waals surface area contributed by atoms with Gasteiger partial charge in [0.05, 0.1) is 0 Å². The van der Waals surface area contributed by atoms with Crippen molar-refractivity contribution in [2.24, 2.45) is 0 Å². The van der Waals surface area contributed by atoms with Crippen molar-refractivity contribution >= 4 is 142 Å². The second-order valence-electron chi connectivity index (χ2n) is 1.39. The van der Waals surface area contributed by atoms with Crippen LogP contribution in [0.5, 0.6) is 0 Å². The molecule has 0 aliphatic heterocycles. The van der Waals surface area contributed by atoms with Crippen LogP contribution in [0.1, 0.15) is 0 Å². The van der Waals surface area contributed by atoms with Crippen LogP contribution in [0.25, 0.3) is 0 Å². The zero-order valence-corrected chi connectivity index (χ0v) is 7.68. The zero-order chi connectivity index (χ0) is 14.3. The molecule has 0 atom stereocenters. The summed E-state index contributed by atoms with van der Waals surface area (Å²) >= 11 is 0. The van der Waals surface area contributed by atoms with Crippen LogP contribution < -0.4 is 0 Å². The Morgan fingerprint density at radius 3 is 0.263 bits per heavy atom. The molecule has 0 saturated heterocycles. The molecule has 12 nitrogen and oxygen atoms in total. The molecule has 0 aromatic carbocycles. The number of hydrogen-bond donors (Lipinski definition) is 12. The van der Waals surface area contributed by atoms with E-state index >= 15 is 0 Å². The molecular weight excluding hydrogens is 355 g/mol. The van der Waals surface area contributed by atoms with Crippen molar-refractivity contribution in [1.82, 2.24) is 0 Å². The standard InChI is InChI=1S/4BH3O3.3Ca.6H/c4*2-1(3)4;;;;;;;;;/h4*2-4H;;;;;;;;;. The van der Waals surface area contributed by atoms with E-state index in [1.54, 1.807) is 0 Å². The van der Waals surface area contributed by atoms with E-state index in [2.05, 4.69) is 0 Å². The van der Waals surface area contributed by atoms with Gasteiger partial charge in [0.15, 0.2) is 0 Å². The Morgan fingerprint density at radius 1 is 0.263 bits per heavy atom. The normalized spacial score (nSPS) is 5.68. The van der Waals surface area contributed by atoms with Crippen LogP contribution in [0, 0.1) is 0 Å². The monoisotopic (exact) mass is 374 g/mol. The second-order valence-corrected chi connectivity index (χ2v) is 1.39. The minimum atomic E-state index is -2.17. The molecule has 0 radical (unpaired) electrons. The summed E-state index contributed by atoms with van der Waals surface area (Å²) in [5.74, 6) is 0. The Kier molecular flexibility index (Phi) is 85.8. The summed E-state index contributed by atoms with van der Waals surface area (Å²) in [5, 5.41) is 86.0. The molecule has 0 bridgehead atoms. The van der Waals surface area contributed by atoms with Crippen molar-refractivity contribution < 1.29 is 60.3 Å². The first-order valence-corrected chi connectivity index (χ1v) is 3.10. The van der Waals surface area contributed by atoms with Gasteiger partial charge >= 0.3 is 142 Å². The van der Waals surface area contributed by atoms with E-state index in [-0.39, 0.29) is 113 Å². The summed E-state index contributed by atoms with van der Waals surface area (Å²) in [7, 11) is -8.67. The van der Waals surface area contributed by atoms with Crippen LogP contribution in [0.15, 0.2) is 0 Å². The van der Waals surface area contributed by atoms with Crippen molar-refractivity contribution in [2.75, 3.05) is 0 Å². The fraction of sp³-hybridized carbons (Fsp3) is 0. The topological polar surface area (TPSA) is 243 Å². The first-order valence-electron chi connectivity index (χ1n) is 3.10. The van der Waals surface area contributed by atoms with Gasteiger partial charge in [-0.3, -0.25) is 0 Å². The van der Waals surface area contributed by atoms with E-state index in [4.69, 9.17) is 60.3 Å². The fourth-order valence-electron chi connectivity index (χ4n) is 0. The van der Waals surface area contributed by atoms with Crippen LogP contribution >= 0.6 is 0 Å². The Bertz CT molecular complexity index is 68.0. The Hall–Kier alpha value is 3.56. The summed E-state index contributed by atoms with van der Waals surface area (Å²) < 4.78 is 0. The Labute approximate surface area is 199 Å². The Morgan fingerprint density at radius 2 is 0.263 bits per heavy atom. The third kappa shape index (κ3) is 651. The van der Waals surface area contributed by atoms with Gasteiger partial charge in [0.2, 0.25) is 0 Å². The van der Waals surface area contributed by atoms with Crippen LogP contribution in [0.4, 0.5) is 0 Å². The van der Waals surface area contributed by atoms with E-state index in [9.17, 15) is 0 Å². The van der Waals surface area contributed by atoms with Crippen molar-refractivity contribution in [1.29, 1.82) is 0 Å². The van der Waals surface area contributed by atoms with E-state index in [1.165, 1.54) is 0 Å². The molecule has 0 saturated carbocycles. The average molecular weight is 374 g/mol. The van der Waals surface area contributed by atoms with E-state index < -0.39 is 29.3 Å². The predicted octanol–water partition coefficient (Wildman–Crippen LogP) is -11.0. The van der Waals surface area contributed by atoms with Crippen molar-refractivity contribution in [3.05, 3.63) is 0 Å². The summed E-state index contributed by atoms with van der Waals surface area (Å²) in [6, 6.07) is 0. The Balaban J connectivity index is -0.0000000192. The molecule has 0 aromatic heterocycles. The van der Waals surface area contributed by atoms with Crippen LogP contribution in [-0.2, 0) is 0 Å². The van der Waals surface area contributed by atoms with E-state index in [0.29, 0.717) is 0 Å². The van der Waals surface area contributed by atoms with E-state index in [0.717, 1.165) is 0 Å². The number of rotatable bonds is 0. The van der Waals surface area contributed by atoms with Gasteiger partial charge in [0.1, 0.15) is 0 Å². The first kappa shape index (κ1) is 43.3. The third-order valence-electron chi connectivity index (χ3n) is 0. The third-order valence-corrected chi connectivity index (χ3v) is 0. The molecule has 0 fully saturated rings. The maximum atomic E-state index is 7.17. The van der Waals surface area contributed by atoms with Crippen molar-refractivity contribution in [2.45, 2.75) is 0 Å². The van der Waals surface area contributed by atoms with E-state index in [1.807, 2.05) is 0 Å². The molecule has 0 amide bonds. The summed E-state index contributed by atoms with van der Waals surface area (Å²) in [5.41, 5.74) is 0. The molecule has 12 N–H and O–H groups in total. The molecule has 108 valence electrons. The van der Waals surface area contributed by atoms with Gasteiger partial charge in [-0.15, -0.1) is 0 Å². The molecule has 0 aromatic rings. The number of hydrogen-bond acceptors (Lipinski definition) is 12. The quantitative estimate of drug-likeness (QED) is 0.177. The minimum absolute atomic E-state index is 0. The maximum absolute atomic E-state index is 7.17. The van der Waals surface area contributed by atoms with Gasteiger partial charge in [-0.2, -0.15) is 0 Å². The molecule has 19 heteroatoms. The molecule has 0 heterocycles. The fourth-order valence-corrected chi connectivity index (χ4v) is 0. The zero-order valence-electron chi connectivity index (χ0n) is 7.68. The molecule has 0 rings (SSSR count). The molecule has 0 aliphatic carbocycles. The molecule has 0 unspecified atom stereocenters. The average Bonchev–Trinajstić information content (AvgIpc) is 1.76.